The Kier molecular flexibility index (Phi) is 6.29. The average molecular weight is 354 g/mol. The molecule has 1 fully saturated rings. The lowest BCUT2D eigenvalue weighted by molar-refractivity contribution is -0.151. The number of hydrogen-bond donors (Lipinski definition) is 0. The standard InChI is InChI=1S/C22H26O4/c1-24-21(23)22(13-16-25-17-14-22)19-9-11-20(12-10-19)26-15-5-8-18-6-3-2-4-7-18/h2-4,6-7,9-12H,5,8,13-17H2,1H3. The predicted octanol–water partition coefficient (Wildman–Crippen LogP) is 3.92. The van der Waals surface area contributed by atoms with Crippen molar-refractivity contribution in [1.29, 1.82) is 0 Å². The third-order valence-corrected chi connectivity index (χ3v) is 5.05. The summed E-state index contributed by atoms with van der Waals surface area (Å²) >= 11 is 0. The van der Waals surface area contributed by atoms with Crippen LogP contribution in [0, 0.1) is 0 Å². The number of hydrogen-bond acceptors (Lipinski definition) is 4. The molecule has 0 spiro atoms. The average Bonchev–Trinajstić information content (AvgIpc) is 2.72. The second-order valence-electron chi connectivity index (χ2n) is 6.65. The molecule has 1 heterocycles. The van der Waals surface area contributed by atoms with E-state index in [1.807, 2.05) is 30.3 Å². The molecule has 4 nitrogen and oxygen atoms in total. The van der Waals surface area contributed by atoms with Crippen LogP contribution in [-0.4, -0.2) is 32.9 Å². The van der Waals surface area contributed by atoms with Gasteiger partial charge in [0.2, 0.25) is 0 Å². The van der Waals surface area contributed by atoms with E-state index in [1.54, 1.807) is 0 Å². The summed E-state index contributed by atoms with van der Waals surface area (Å²) in [6.07, 6.45) is 3.27. The van der Waals surface area contributed by atoms with Crippen molar-refractivity contribution in [2.24, 2.45) is 0 Å². The molecular formula is C22H26O4. The Hall–Kier alpha value is -2.33. The molecule has 0 radical (unpaired) electrons. The fraction of sp³-hybridized carbons (Fsp3) is 0.409. The lowest BCUT2D eigenvalue weighted by atomic mass is 9.74. The summed E-state index contributed by atoms with van der Waals surface area (Å²) in [6.45, 7) is 1.82. The minimum Gasteiger partial charge on any atom is -0.494 e. The number of esters is 1. The van der Waals surface area contributed by atoms with Crippen molar-refractivity contribution in [3.05, 3.63) is 65.7 Å². The van der Waals surface area contributed by atoms with E-state index in [2.05, 4.69) is 24.3 Å². The van der Waals surface area contributed by atoms with Crippen LogP contribution in [0.2, 0.25) is 0 Å². The van der Waals surface area contributed by atoms with Gasteiger partial charge < -0.3 is 14.2 Å². The van der Waals surface area contributed by atoms with Gasteiger partial charge in [0.1, 0.15) is 5.75 Å². The quantitative estimate of drug-likeness (QED) is 0.558. The normalized spacial score (nSPS) is 16.0. The zero-order valence-corrected chi connectivity index (χ0v) is 15.3. The van der Waals surface area contributed by atoms with Crippen LogP contribution in [0.25, 0.3) is 0 Å². The summed E-state index contributed by atoms with van der Waals surface area (Å²) < 4.78 is 16.4. The maximum absolute atomic E-state index is 12.4. The molecule has 0 aliphatic carbocycles. The molecule has 2 aromatic carbocycles. The highest BCUT2D eigenvalue weighted by Crippen LogP contribution is 2.36. The van der Waals surface area contributed by atoms with Crippen LogP contribution in [0.1, 0.15) is 30.4 Å². The van der Waals surface area contributed by atoms with E-state index in [1.165, 1.54) is 12.7 Å². The van der Waals surface area contributed by atoms with Crippen LogP contribution in [0.4, 0.5) is 0 Å². The van der Waals surface area contributed by atoms with Crippen molar-refractivity contribution in [1.82, 2.24) is 0 Å². The van der Waals surface area contributed by atoms with Gasteiger partial charge in [-0.05, 0) is 48.9 Å². The Bertz CT molecular complexity index is 688. The molecule has 138 valence electrons. The summed E-state index contributed by atoms with van der Waals surface area (Å²) in [5, 5.41) is 0. The highest BCUT2D eigenvalue weighted by atomic mass is 16.5. The van der Waals surface area contributed by atoms with Crippen molar-refractivity contribution in [2.75, 3.05) is 26.9 Å². The van der Waals surface area contributed by atoms with E-state index in [0.29, 0.717) is 32.7 Å². The Morgan fingerprint density at radius 2 is 1.73 bits per heavy atom. The molecule has 0 N–H and O–H groups in total. The van der Waals surface area contributed by atoms with Crippen molar-refractivity contribution in [3.8, 4) is 5.75 Å². The molecule has 0 atom stereocenters. The molecular weight excluding hydrogens is 328 g/mol. The van der Waals surface area contributed by atoms with Crippen molar-refractivity contribution >= 4 is 5.97 Å². The molecule has 0 unspecified atom stereocenters. The van der Waals surface area contributed by atoms with Crippen LogP contribution >= 0.6 is 0 Å². The lowest BCUT2D eigenvalue weighted by Crippen LogP contribution is -2.42. The number of carbonyl (C=O) groups excluding carboxylic acids is 1. The fourth-order valence-electron chi connectivity index (χ4n) is 3.51. The maximum Gasteiger partial charge on any atom is 0.316 e. The Balaban J connectivity index is 1.57. The Morgan fingerprint density at radius 1 is 1.04 bits per heavy atom. The van der Waals surface area contributed by atoms with Crippen molar-refractivity contribution in [2.45, 2.75) is 31.1 Å². The van der Waals surface area contributed by atoms with Gasteiger partial charge in [-0.3, -0.25) is 4.79 Å². The van der Waals surface area contributed by atoms with Crippen LogP contribution in [0.3, 0.4) is 0 Å². The maximum atomic E-state index is 12.4. The van der Waals surface area contributed by atoms with E-state index >= 15 is 0 Å². The van der Waals surface area contributed by atoms with Gasteiger partial charge in [0.15, 0.2) is 0 Å². The zero-order chi connectivity index (χ0) is 18.2. The second kappa shape index (κ2) is 8.86. The minimum atomic E-state index is -0.598. The number of rotatable bonds is 7. The third kappa shape index (κ3) is 4.25. The zero-order valence-electron chi connectivity index (χ0n) is 15.3. The first-order valence-electron chi connectivity index (χ1n) is 9.18. The summed E-state index contributed by atoms with van der Waals surface area (Å²) in [6, 6.07) is 18.3. The van der Waals surface area contributed by atoms with E-state index in [-0.39, 0.29) is 5.97 Å². The SMILES string of the molecule is COC(=O)C1(c2ccc(OCCCc3ccccc3)cc2)CCOCC1. The Labute approximate surface area is 155 Å². The van der Waals surface area contributed by atoms with Gasteiger partial charge in [-0.1, -0.05) is 42.5 Å². The molecule has 0 amide bonds. The van der Waals surface area contributed by atoms with Crippen LogP contribution in [-0.2, 0) is 26.1 Å². The fourth-order valence-corrected chi connectivity index (χ4v) is 3.51. The van der Waals surface area contributed by atoms with Gasteiger partial charge in [0.05, 0.1) is 19.1 Å². The topological polar surface area (TPSA) is 44.8 Å². The molecule has 26 heavy (non-hydrogen) atoms. The minimum absolute atomic E-state index is 0.183. The highest BCUT2D eigenvalue weighted by Gasteiger charge is 2.42. The smallest absolute Gasteiger partial charge is 0.316 e. The first kappa shape index (κ1) is 18.5. The summed E-state index contributed by atoms with van der Waals surface area (Å²) in [5.74, 6) is 0.645. The van der Waals surface area contributed by atoms with Gasteiger partial charge in [0, 0.05) is 13.2 Å². The van der Waals surface area contributed by atoms with Gasteiger partial charge in [-0.2, -0.15) is 0 Å². The number of benzene rings is 2. The molecule has 1 aliphatic heterocycles. The number of ether oxygens (including phenoxy) is 3. The Morgan fingerprint density at radius 3 is 2.38 bits per heavy atom. The highest BCUT2D eigenvalue weighted by molar-refractivity contribution is 5.83. The van der Waals surface area contributed by atoms with Gasteiger partial charge in [-0.15, -0.1) is 0 Å². The van der Waals surface area contributed by atoms with Crippen molar-refractivity contribution in [3.63, 3.8) is 0 Å². The van der Waals surface area contributed by atoms with E-state index in [9.17, 15) is 4.79 Å². The first-order chi connectivity index (χ1) is 12.7. The molecule has 1 saturated heterocycles. The molecule has 0 aromatic heterocycles. The van der Waals surface area contributed by atoms with Crippen LogP contribution < -0.4 is 4.74 Å². The van der Waals surface area contributed by atoms with Gasteiger partial charge in [0.25, 0.3) is 0 Å². The largest absolute Gasteiger partial charge is 0.494 e. The lowest BCUT2D eigenvalue weighted by Gasteiger charge is -2.34. The van der Waals surface area contributed by atoms with E-state index in [4.69, 9.17) is 14.2 Å². The monoisotopic (exact) mass is 354 g/mol. The number of aryl methyl sites for hydroxylation is 1. The first-order valence-corrected chi connectivity index (χ1v) is 9.18. The molecule has 3 rings (SSSR count). The molecule has 2 aromatic rings. The van der Waals surface area contributed by atoms with Gasteiger partial charge in [-0.25, -0.2) is 0 Å². The van der Waals surface area contributed by atoms with Crippen molar-refractivity contribution < 1.29 is 19.0 Å². The summed E-state index contributed by atoms with van der Waals surface area (Å²) in [7, 11) is 1.45. The molecule has 0 saturated carbocycles. The predicted molar refractivity (Wildman–Crippen MR) is 100 cm³/mol. The van der Waals surface area contributed by atoms with Crippen LogP contribution in [0.15, 0.2) is 54.6 Å². The number of carbonyl (C=O) groups is 1. The van der Waals surface area contributed by atoms with Gasteiger partial charge >= 0.3 is 5.97 Å². The molecule has 4 heteroatoms. The summed E-state index contributed by atoms with van der Waals surface area (Å²) in [4.78, 5) is 12.4. The number of methoxy groups -OCH3 is 1. The third-order valence-electron chi connectivity index (χ3n) is 5.05. The molecule has 0 bridgehead atoms. The molecule has 1 aliphatic rings. The van der Waals surface area contributed by atoms with E-state index < -0.39 is 5.41 Å². The van der Waals surface area contributed by atoms with Crippen LogP contribution in [0.5, 0.6) is 5.75 Å². The second-order valence-corrected chi connectivity index (χ2v) is 6.65. The van der Waals surface area contributed by atoms with E-state index in [0.717, 1.165) is 24.2 Å². The summed E-state index contributed by atoms with van der Waals surface area (Å²) in [5.41, 5.74) is 1.70.